The topological polar surface area (TPSA) is 46.2 Å². The van der Waals surface area contributed by atoms with Gasteiger partial charge in [-0.15, -0.1) is 0 Å². The van der Waals surface area contributed by atoms with Crippen LogP contribution in [0.15, 0.2) is 18.2 Å². The Morgan fingerprint density at radius 3 is 2.44 bits per heavy atom. The van der Waals surface area contributed by atoms with Crippen LogP contribution in [0.2, 0.25) is 0 Å². The third-order valence-electron chi connectivity index (χ3n) is 3.01. The molecule has 0 radical (unpaired) electrons. The van der Waals surface area contributed by atoms with Crippen LogP contribution in [0.3, 0.4) is 0 Å². The summed E-state index contributed by atoms with van der Waals surface area (Å²) in [5.74, 6) is 0.753. The maximum atomic E-state index is 10.3. The predicted molar refractivity (Wildman–Crippen MR) is 68.9 cm³/mol. The summed E-state index contributed by atoms with van der Waals surface area (Å²) in [6.07, 6.45) is 0.904. The Hall–Kier alpha value is -1.02. The number of nitrogens with two attached hydrogens (primary N) is 1. The van der Waals surface area contributed by atoms with Crippen molar-refractivity contribution in [3.8, 4) is 5.75 Å². The van der Waals surface area contributed by atoms with E-state index >= 15 is 0 Å². The molecule has 0 saturated heterocycles. The molecule has 0 spiro atoms. The minimum atomic E-state index is -0.0253. The Bertz CT molecular complexity index is 352. The van der Waals surface area contributed by atoms with Gasteiger partial charge < -0.3 is 10.8 Å². The summed E-state index contributed by atoms with van der Waals surface area (Å²) in [5.41, 5.74) is 7.55. The molecular formula is C14H23NO. The monoisotopic (exact) mass is 221 g/mol. The highest BCUT2D eigenvalue weighted by Gasteiger charge is 2.21. The maximum Gasteiger partial charge on any atom is 0.122 e. The number of aromatic hydroxyl groups is 1. The minimum absolute atomic E-state index is 0.0253. The summed E-state index contributed by atoms with van der Waals surface area (Å²) < 4.78 is 0. The number of phenolic OH excluding ortho intramolecular Hbond substituents is 1. The molecule has 2 heteroatoms. The molecule has 0 aliphatic carbocycles. The van der Waals surface area contributed by atoms with E-state index in [9.17, 15) is 5.11 Å². The van der Waals surface area contributed by atoms with E-state index in [-0.39, 0.29) is 5.41 Å². The van der Waals surface area contributed by atoms with Gasteiger partial charge in [0.1, 0.15) is 5.75 Å². The van der Waals surface area contributed by atoms with E-state index in [1.54, 1.807) is 0 Å². The minimum Gasteiger partial charge on any atom is -0.507 e. The van der Waals surface area contributed by atoms with E-state index in [0.29, 0.717) is 18.2 Å². The van der Waals surface area contributed by atoms with Gasteiger partial charge in [0.2, 0.25) is 0 Å². The zero-order valence-corrected chi connectivity index (χ0v) is 10.7. The van der Waals surface area contributed by atoms with Crippen molar-refractivity contribution in [2.75, 3.05) is 6.54 Å². The molecule has 0 bridgehead atoms. The van der Waals surface area contributed by atoms with Crippen molar-refractivity contribution >= 4 is 0 Å². The second-order valence-corrected chi connectivity index (χ2v) is 5.47. The molecule has 3 N–H and O–H groups in total. The van der Waals surface area contributed by atoms with Crippen LogP contribution in [0.1, 0.15) is 51.2 Å². The van der Waals surface area contributed by atoms with Crippen LogP contribution in [0.4, 0.5) is 0 Å². The fourth-order valence-electron chi connectivity index (χ4n) is 1.97. The van der Waals surface area contributed by atoms with Gasteiger partial charge in [0.15, 0.2) is 0 Å². The van der Waals surface area contributed by atoms with Gasteiger partial charge in [-0.1, -0.05) is 45.9 Å². The molecular weight excluding hydrogens is 198 g/mol. The summed E-state index contributed by atoms with van der Waals surface area (Å²) in [6, 6.07) is 6.00. The van der Waals surface area contributed by atoms with Crippen LogP contribution < -0.4 is 5.73 Å². The van der Waals surface area contributed by atoms with Gasteiger partial charge >= 0.3 is 0 Å². The lowest BCUT2D eigenvalue weighted by Crippen LogP contribution is -2.13. The van der Waals surface area contributed by atoms with Crippen LogP contribution in [0.5, 0.6) is 5.75 Å². The van der Waals surface area contributed by atoms with Gasteiger partial charge in [-0.3, -0.25) is 0 Å². The first-order chi connectivity index (χ1) is 7.38. The average molecular weight is 221 g/mol. The van der Waals surface area contributed by atoms with Crippen molar-refractivity contribution in [2.24, 2.45) is 5.73 Å². The lowest BCUT2D eigenvalue weighted by Gasteiger charge is -2.23. The SMILES string of the molecule is CC(CCN)c1cccc(C(C)(C)C)c1O. The van der Waals surface area contributed by atoms with Crippen molar-refractivity contribution in [1.29, 1.82) is 0 Å². The standard InChI is InChI=1S/C14H23NO/c1-10(8-9-15)11-6-5-7-12(13(11)16)14(2,3)4/h5-7,10,16H,8-9,15H2,1-4H3. The highest BCUT2D eigenvalue weighted by Crippen LogP contribution is 2.36. The zero-order chi connectivity index (χ0) is 12.3. The van der Waals surface area contributed by atoms with E-state index in [2.05, 4.69) is 27.7 Å². The van der Waals surface area contributed by atoms with Gasteiger partial charge in [0.25, 0.3) is 0 Å². The largest absolute Gasteiger partial charge is 0.507 e. The fraction of sp³-hybridized carbons (Fsp3) is 0.571. The third kappa shape index (κ3) is 2.76. The predicted octanol–water partition coefficient (Wildman–Crippen LogP) is 3.14. The Morgan fingerprint density at radius 1 is 1.31 bits per heavy atom. The molecule has 16 heavy (non-hydrogen) atoms. The molecule has 0 amide bonds. The normalized spacial score (nSPS) is 13.8. The van der Waals surface area contributed by atoms with Gasteiger partial charge in [0.05, 0.1) is 0 Å². The van der Waals surface area contributed by atoms with Crippen molar-refractivity contribution in [3.63, 3.8) is 0 Å². The highest BCUT2D eigenvalue weighted by molar-refractivity contribution is 5.45. The molecule has 0 heterocycles. The van der Waals surface area contributed by atoms with Gasteiger partial charge in [-0.05, 0) is 35.4 Å². The number of hydrogen-bond acceptors (Lipinski definition) is 2. The number of rotatable bonds is 3. The van der Waals surface area contributed by atoms with Crippen molar-refractivity contribution in [1.82, 2.24) is 0 Å². The second-order valence-electron chi connectivity index (χ2n) is 5.47. The average Bonchev–Trinajstić information content (AvgIpc) is 2.16. The second kappa shape index (κ2) is 4.88. The number of benzene rings is 1. The van der Waals surface area contributed by atoms with E-state index in [1.807, 2.05) is 18.2 Å². The number of hydrogen-bond donors (Lipinski definition) is 2. The molecule has 1 atom stereocenters. The smallest absolute Gasteiger partial charge is 0.122 e. The van der Waals surface area contributed by atoms with Crippen molar-refractivity contribution < 1.29 is 5.11 Å². The molecule has 0 aliphatic rings. The Balaban J connectivity index is 3.14. The van der Waals surface area contributed by atoms with Crippen LogP contribution in [-0.4, -0.2) is 11.7 Å². The molecule has 2 nitrogen and oxygen atoms in total. The molecule has 0 aliphatic heterocycles. The summed E-state index contributed by atoms with van der Waals surface area (Å²) in [4.78, 5) is 0. The third-order valence-corrected chi connectivity index (χ3v) is 3.01. The number of para-hydroxylation sites is 1. The Kier molecular flexibility index (Phi) is 3.98. The molecule has 1 rings (SSSR count). The van der Waals surface area contributed by atoms with E-state index in [4.69, 9.17) is 5.73 Å². The van der Waals surface area contributed by atoms with Gasteiger partial charge in [-0.2, -0.15) is 0 Å². The molecule has 0 saturated carbocycles. The molecule has 1 aromatic carbocycles. The lowest BCUT2D eigenvalue weighted by molar-refractivity contribution is 0.434. The van der Waals surface area contributed by atoms with E-state index < -0.39 is 0 Å². The Morgan fingerprint density at radius 2 is 1.94 bits per heavy atom. The first-order valence-electron chi connectivity index (χ1n) is 5.90. The zero-order valence-electron chi connectivity index (χ0n) is 10.7. The molecule has 90 valence electrons. The van der Waals surface area contributed by atoms with Crippen LogP contribution in [0, 0.1) is 0 Å². The van der Waals surface area contributed by atoms with Crippen LogP contribution in [0.25, 0.3) is 0 Å². The summed E-state index contributed by atoms with van der Waals surface area (Å²) in [7, 11) is 0. The first-order valence-corrected chi connectivity index (χ1v) is 5.90. The van der Waals surface area contributed by atoms with Gasteiger partial charge in [0, 0.05) is 0 Å². The molecule has 0 aromatic heterocycles. The molecule has 0 fully saturated rings. The van der Waals surface area contributed by atoms with Gasteiger partial charge in [-0.25, -0.2) is 0 Å². The Labute approximate surface area is 98.5 Å². The molecule has 1 unspecified atom stereocenters. The maximum absolute atomic E-state index is 10.3. The van der Waals surface area contributed by atoms with Crippen LogP contribution >= 0.6 is 0 Å². The van der Waals surface area contributed by atoms with E-state index in [1.165, 1.54) is 0 Å². The number of phenols is 1. The van der Waals surface area contributed by atoms with Crippen molar-refractivity contribution in [3.05, 3.63) is 29.3 Å². The first kappa shape index (κ1) is 13.0. The molecule has 1 aromatic rings. The summed E-state index contributed by atoms with van der Waals surface area (Å²) >= 11 is 0. The lowest BCUT2D eigenvalue weighted by atomic mass is 9.83. The fourth-order valence-corrected chi connectivity index (χ4v) is 1.97. The van der Waals surface area contributed by atoms with E-state index in [0.717, 1.165) is 17.5 Å². The quantitative estimate of drug-likeness (QED) is 0.823. The summed E-state index contributed by atoms with van der Waals surface area (Å²) in [6.45, 7) is 9.09. The summed E-state index contributed by atoms with van der Waals surface area (Å²) in [5, 5.41) is 10.3. The van der Waals surface area contributed by atoms with Crippen LogP contribution in [-0.2, 0) is 5.41 Å². The highest BCUT2D eigenvalue weighted by atomic mass is 16.3. The van der Waals surface area contributed by atoms with Crippen molar-refractivity contribution in [2.45, 2.75) is 45.4 Å².